The molecule has 3 unspecified atom stereocenters. The summed E-state index contributed by atoms with van der Waals surface area (Å²) >= 11 is 0. The molecule has 14 heavy (non-hydrogen) atoms. The Labute approximate surface area is 84.7 Å². The first-order chi connectivity index (χ1) is 6.56. The van der Waals surface area contributed by atoms with E-state index >= 15 is 0 Å². The molecule has 0 saturated heterocycles. The minimum atomic E-state index is -0.749. The lowest BCUT2D eigenvalue weighted by molar-refractivity contribution is -0.411. The fourth-order valence-electron chi connectivity index (χ4n) is 2.32. The van der Waals surface area contributed by atoms with Crippen LogP contribution >= 0.6 is 0 Å². The topological polar surface area (TPSA) is 58.9 Å². The first-order valence-corrected chi connectivity index (χ1v) is 5.19. The second-order valence-corrected chi connectivity index (χ2v) is 4.67. The highest BCUT2D eigenvalue weighted by Gasteiger charge is 2.48. The van der Waals surface area contributed by atoms with E-state index in [1.807, 2.05) is 13.8 Å². The van der Waals surface area contributed by atoms with Gasteiger partial charge in [-0.25, -0.2) is 9.78 Å². The van der Waals surface area contributed by atoms with Crippen LogP contribution in [0.15, 0.2) is 0 Å². The van der Waals surface area contributed by atoms with E-state index in [-0.39, 0.29) is 5.92 Å². The molecule has 2 N–H and O–H groups in total. The molecule has 0 spiro atoms. The molecule has 3 atom stereocenters. The third kappa shape index (κ3) is 1.93. The maximum Gasteiger partial charge on any atom is 0.135 e. The van der Waals surface area contributed by atoms with Crippen LogP contribution in [0.2, 0.25) is 0 Å². The van der Waals surface area contributed by atoms with Gasteiger partial charge in [0.05, 0.1) is 0 Å². The van der Waals surface area contributed by atoms with Gasteiger partial charge in [0.25, 0.3) is 0 Å². The van der Waals surface area contributed by atoms with Crippen molar-refractivity contribution in [1.82, 2.24) is 0 Å². The Bertz CT molecular complexity index is 183. The maximum absolute atomic E-state index is 9.01. The second kappa shape index (κ2) is 4.57. The Morgan fingerprint density at radius 3 is 2.43 bits per heavy atom. The van der Waals surface area contributed by atoms with E-state index in [9.17, 15) is 0 Å². The standard InChI is InChI=1S/C10H20O4/c1-7(2)10(14-12)5-4-8(3)6-9(10)13-11/h7-9,11-12H,4-6H2,1-3H3. The minimum absolute atomic E-state index is 0.108. The van der Waals surface area contributed by atoms with Crippen molar-refractivity contribution in [2.45, 2.75) is 51.7 Å². The summed E-state index contributed by atoms with van der Waals surface area (Å²) in [6.07, 6.45) is 1.98. The molecule has 1 rings (SSSR count). The molecule has 4 heteroatoms. The summed E-state index contributed by atoms with van der Waals surface area (Å²) < 4.78 is 0. The van der Waals surface area contributed by atoms with Crippen LogP contribution in [-0.2, 0) is 9.78 Å². The van der Waals surface area contributed by atoms with Gasteiger partial charge in [0.2, 0.25) is 0 Å². The van der Waals surface area contributed by atoms with Crippen LogP contribution in [0.4, 0.5) is 0 Å². The molecule has 0 aliphatic heterocycles. The zero-order valence-corrected chi connectivity index (χ0v) is 9.06. The summed E-state index contributed by atoms with van der Waals surface area (Å²) in [5.41, 5.74) is -0.749. The first-order valence-electron chi connectivity index (χ1n) is 5.19. The Morgan fingerprint density at radius 1 is 1.36 bits per heavy atom. The predicted molar refractivity (Wildman–Crippen MR) is 51.8 cm³/mol. The molecule has 1 saturated carbocycles. The number of hydrogen-bond donors (Lipinski definition) is 2. The van der Waals surface area contributed by atoms with E-state index in [1.54, 1.807) is 0 Å². The summed E-state index contributed by atoms with van der Waals surface area (Å²) in [4.78, 5) is 9.05. The lowest BCUT2D eigenvalue weighted by Crippen LogP contribution is -2.53. The van der Waals surface area contributed by atoms with Crippen LogP contribution in [-0.4, -0.2) is 22.2 Å². The van der Waals surface area contributed by atoms with E-state index in [2.05, 4.69) is 16.7 Å². The van der Waals surface area contributed by atoms with Gasteiger partial charge >= 0.3 is 0 Å². The van der Waals surface area contributed by atoms with Crippen LogP contribution < -0.4 is 0 Å². The molecule has 0 radical (unpaired) electrons. The Balaban J connectivity index is 2.81. The molecule has 1 fully saturated rings. The highest BCUT2D eigenvalue weighted by atomic mass is 17.1. The molecule has 1 aliphatic carbocycles. The van der Waals surface area contributed by atoms with E-state index < -0.39 is 11.7 Å². The highest BCUT2D eigenvalue weighted by Crippen LogP contribution is 2.40. The van der Waals surface area contributed by atoms with E-state index in [0.717, 1.165) is 12.8 Å². The average molecular weight is 204 g/mol. The predicted octanol–water partition coefficient (Wildman–Crippen LogP) is 2.55. The molecular formula is C10H20O4. The third-order valence-corrected chi connectivity index (χ3v) is 3.46. The lowest BCUT2D eigenvalue weighted by atomic mass is 9.71. The van der Waals surface area contributed by atoms with Crippen LogP contribution in [0.1, 0.15) is 40.0 Å². The molecule has 84 valence electrons. The van der Waals surface area contributed by atoms with Gasteiger partial charge < -0.3 is 0 Å². The molecule has 0 aromatic carbocycles. The summed E-state index contributed by atoms with van der Waals surface area (Å²) in [6.45, 7) is 6.02. The van der Waals surface area contributed by atoms with Crippen LogP contribution in [0, 0.1) is 11.8 Å². The van der Waals surface area contributed by atoms with E-state index in [0.29, 0.717) is 12.3 Å². The minimum Gasteiger partial charge on any atom is -0.251 e. The van der Waals surface area contributed by atoms with Crippen molar-refractivity contribution in [3.8, 4) is 0 Å². The fourth-order valence-corrected chi connectivity index (χ4v) is 2.32. The largest absolute Gasteiger partial charge is 0.251 e. The van der Waals surface area contributed by atoms with Crippen molar-refractivity contribution >= 4 is 0 Å². The van der Waals surface area contributed by atoms with Crippen LogP contribution in [0.3, 0.4) is 0 Å². The van der Waals surface area contributed by atoms with Gasteiger partial charge in [-0.2, -0.15) is 0 Å². The van der Waals surface area contributed by atoms with Crippen LogP contribution in [0.5, 0.6) is 0 Å². The summed E-state index contributed by atoms with van der Waals surface area (Å²) in [7, 11) is 0. The summed E-state index contributed by atoms with van der Waals surface area (Å²) in [5.74, 6) is 0.603. The maximum atomic E-state index is 9.01. The van der Waals surface area contributed by atoms with Gasteiger partial charge in [-0.05, 0) is 31.1 Å². The SMILES string of the molecule is CC1CCC(OO)(C(C)C)C(OO)C1. The molecule has 0 aromatic rings. The molecule has 4 nitrogen and oxygen atoms in total. The number of rotatable bonds is 3. The Kier molecular flexibility index (Phi) is 3.89. The Hall–Kier alpha value is -0.160. The van der Waals surface area contributed by atoms with Crippen molar-refractivity contribution < 1.29 is 20.3 Å². The van der Waals surface area contributed by atoms with Crippen molar-refractivity contribution in [3.05, 3.63) is 0 Å². The third-order valence-electron chi connectivity index (χ3n) is 3.46. The van der Waals surface area contributed by atoms with Crippen molar-refractivity contribution in [3.63, 3.8) is 0 Å². The monoisotopic (exact) mass is 204 g/mol. The normalized spacial score (nSPS) is 39.0. The molecule has 1 aliphatic rings. The molecular weight excluding hydrogens is 184 g/mol. The van der Waals surface area contributed by atoms with Gasteiger partial charge in [0.15, 0.2) is 0 Å². The Morgan fingerprint density at radius 2 is 2.00 bits per heavy atom. The van der Waals surface area contributed by atoms with Crippen molar-refractivity contribution in [1.29, 1.82) is 0 Å². The van der Waals surface area contributed by atoms with E-state index in [1.165, 1.54) is 0 Å². The molecule has 0 amide bonds. The van der Waals surface area contributed by atoms with Gasteiger partial charge in [0, 0.05) is 0 Å². The molecule has 0 heterocycles. The van der Waals surface area contributed by atoms with E-state index in [4.69, 9.17) is 10.5 Å². The van der Waals surface area contributed by atoms with Crippen LogP contribution in [0.25, 0.3) is 0 Å². The summed E-state index contributed by atoms with van der Waals surface area (Å²) in [6, 6.07) is 0. The lowest BCUT2D eigenvalue weighted by Gasteiger charge is -2.44. The van der Waals surface area contributed by atoms with Gasteiger partial charge in [-0.1, -0.05) is 20.8 Å². The smallest absolute Gasteiger partial charge is 0.135 e. The first kappa shape index (κ1) is 11.9. The number of hydrogen-bond acceptors (Lipinski definition) is 4. The van der Waals surface area contributed by atoms with Crippen molar-refractivity contribution in [2.24, 2.45) is 11.8 Å². The average Bonchev–Trinajstić information content (AvgIpc) is 2.17. The highest BCUT2D eigenvalue weighted by molar-refractivity contribution is 4.95. The quantitative estimate of drug-likeness (QED) is 0.548. The van der Waals surface area contributed by atoms with Gasteiger partial charge in [-0.15, -0.1) is 0 Å². The zero-order chi connectivity index (χ0) is 10.8. The second-order valence-electron chi connectivity index (χ2n) is 4.67. The molecule has 0 aromatic heterocycles. The van der Waals surface area contributed by atoms with Crippen molar-refractivity contribution in [2.75, 3.05) is 0 Å². The zero-order valence-electron chi connectivity index (χ0n) is 9.06. The molecule has 0 bridgehead atoms. The fraction of sp³-hybridized carbons (Fsp3) is 1.00. The van der Waals surface area contributed by atoms with Gasteiger partial charge in [0.1, 0.15) is 11.7 Å². The van der Waals surface area contributed by atoms with Gasteiger partial charge in [-0.3, -0.25) is 10.5 Å². The summed E-state index contributed by atoms with van der Waals surface area (Å²) in [5, 5.41) is 17.8.